The summed E-state index contributed by atoms with van der Waals surface area (Å²) in [4.78, 5) is 28.2. The normalized spacial score (nSPS) is 16.2. The van der Waals surface area contributed by atoms with Crippen molar-refractivity contribution in [3.05, 3.63) is 11.1 Å². The van der Waals surface area contributed by atoms with E-state index in [1.807, 2.05) is 10.3 Å². The molecule has 0 bridgehead atoms. The van der Waals surface area contributed by atoms with Crippen LogP contribution in [0, 0.1) is 0 Å². The highest BCUT2D eigenvalue weighted by Gasteiger charge is 2.17. The van der Waals surface area contributed by atoms with Gasteiger partial charge in [-0.15, -0.1) is 11.3 Å². The summed E-state index contributed by atoms with van der Waals surface area (Å²) in [6.45, 7) is 1.82. The van der Waals surface area contributed by atoms with Crippen molar-refractivity contribution in [2.75, 3.05) is 24.5 Å². The van der Waals surface area contributed by atoms with E-state index in [0.717, 1.165) is 23.8 Å². The zero-order valence-corrected chi connectivity index (χ0v) is 10.7. The van der Waals surface area contributed by atoms with Gasteiger partial charge in [0.2, 0.25) is 5.91 Å². The first kappa shape index (κ1) is 12.8. The predicted octanol–water partition coefficient (Wildman–Crippen LogP) is 0.487. The Kier molecular flexibility index (Phi) is 4.14. The number of carboxylic acids is 1. The van der Waals surface area contributed by atoms with Crippen molar-refractivity contribution in [2.45, 2.75) is 19.3 Å². The maximum absolute atomic E-state index is 11.4. The molecule has 0 radical (unpaired) electrons. The van der Waals surface area contributed by atoms with Crippen molar-refractivity contribution in [3.63, 3.8) is 0 Å². The van der Waals surface area contributed by atoms with Crippen molar-refractivity contribution >= 4 is 28.3 Å². The fourth-order valence-electron chi connectivity index (χ4n) is 1.76. The summed E-state index contributed by atoms with van der Waals surface area (Å²) >= 11 is 1.46. The number of rotatable bonds is 4. The van der Waals surface area contributed by atoms with Gasteiger partial charge in [-0.1, -0.05) is 0 Å². The number of nitrogens with zero attached hydrogens (tertiary/aromatic N) is 2. The third kappa shape index (κ3) is 3.43. The molecule has 0 aromatic carbocycles. The van der Waals surface area contributed by atoms with E-state index in [-0.39, 0.29) is 12.3 Å². The molecule has 18 heavy (non-hydrogen) atoms. The Morgan fingerprint density at radius 2 is 2.44 bits per heavy atom. The highest BCUT2D eigenvalue weighted by atomic mass is 32.1. The zero-order valence-electron chi connectivity index (χ0n) is 9.89. The minimum atomic E-state index is -0.821. The first-order valence-electron chi connectivity index (χ1n) is 5.83. The molecule has 1 amide bonds. The van der Waals surface area contributed by atoms with Gasteiger partial charge in [-0.05, 0) is 6.42 Å². The smallest absolute Gasteiger partial charge is 0.303 e. The van der Waals surface area contributed by atoms with Crippen LogP contribution < -0.4 is 10.2 Å². The molecule has 0 aliphatic carbocycles. The van der Waals surface area contributed by atoms with Gasteiger partial charge in [0.25, 0.3) is 0 Å². The van der Waals surface area contributed by atoms with Crippen LogP contribution in [0.4, 0.5) is 5.13 Å². The van der Waals surface area contributed by atoms with Gasteiger partial charge in [0.1, 0.15) is 0 Å². The number of aromatic nitrogens is 1. The van der Waals surface area contributed by atoms with Gasteiger partial charge in [0, 0.05) is 24.9 Å². The van der Waals surface area contributed by atoms with Crippen LogP contribution in [0.15, 0.2) is 5.38 Å². The summed E-state index contributed by atoms with van der Waals surface area (Å²) in [6.07, 6.45) is 1.42. The Bertz CT molecular complexity index is 446. The largest absolute Gasteiger partial charge is 0.481 e. The topological polar surface area (TPSA) is 82.5 Å². The summed E-state index contributed by atoms with van der Waals surface area (Å²) in [5.74, 6) is -0.812. The second-order valence-corrected chi connectivity index (χ2v) is 4.98. The molecule has 2 N–H and O–H groups in total. The molecule has 0 atom stereocenters. The minimum Gasteiger partial charge on any atom is -0.481 e. The number of hydrogen-bond donors (Lipinski definition) is 2. The van der Waals surface area contributed by atoms with Crippen molar-refractivity contribution in [3.8, 4) is 0 Å². The fourth-order valence-corrected chi connectivity index (χ4v) is 2.65. The summed E-state index contributed by atoms with van der Waals surface area (Å²) < 4.78 is 0. The molecule has 2 heterocycles. The third-order valence-corrected chi connectivity index (χ3v) is 3.62. The Balaban J connectivity index is 1.99. The summed E-state index contributed by atoms with van der Waals surface area (Å²) in [6, 6.07) is 0. The zero-order chi connectivity index (χ0) is 13.0. The van der Waals surface area contributed by atoms with E-state index in [1.165, 1.54) is 11.3 Å². The Morgan fingerprint density at radius 3 is 3.22 bits per heavy atom. The van der Waals surface area contributed by atoms with Crippen molar-refractivity contribution in [1.82, 2.24) is 10.3 Å². The molecule has 0 saturated carbocycles. The predicted molar refractivity (Wildman–Crippen MR) is 67.9 cm³/mol. The second kappa shape index (κ2) is 5.81. The molecular weight excluding hydrogens is 254 g/mol. The summed E-state index contributed by atoms with van der Waals surface area (Å²) in [7, 11) is 0. The molecule has 0 unspecified atom stereocenters. The second-order valence-electron chi connectivity index (χ2n) is 4.14. The van der Waals surface area contributed by atoms with Crippen molar-refractivity contribution < 1.29 is 14.7 Å². The van der Waals surface area contributed by atoms with Crippen LogP contribution in [0.25, 0.3) is 0 Å². The van der Waals surface area contributed by atoms with E-state index >= 15 is 0 Å². The molecule has 1 aliphatic heterocycles. The SMILES string of the molecule is O=C(O)CCc1csc(N2CCCNC(=O)C2)n1. The Morgan fingerprint density at radius 1 is 1.61 bits per heavy atom. The van der Waals surface area contributed by atoms with Crippen LogP contribution in [0.1, 0.15) is 18.5 Å². The fraction of sp³-hybridized carbons (Fsp3) is 0.545. The molecule has 6 nitrogen and oxygen atoms in total. The number of anilines is 1. The lowest BCUT2D eigenvalue weighted by Gasteiger charge is -2.17. The maximum atomic E-state index is 11.4. The maximum Gasteiger partial charge on any atom is 0.303 e. The van der Waals surface area contributed by atoms with Crippen molar-refractivity contribution in [1.29, 1.82) is 0 Å². The molecule has 2 rings (SSSR count). The van der Waals surface area contributed by atoms with Gasteiger partial charge in [-0.3, -0.25) is 9.59 Å². The van der Waals surface area contributed by atoms with Crippen molar-refractivity contribution in [2.24, 2.45) is 0 Å². The number of carbonyl (C=O) groups excluding carboxylic acids is 1. The molecular formula is C11H15N3O3S. The Hall–Kier alpha value is -1.63. The van der Waals surface area contributed by atoms with Gasteiger partial charge in [-0.2, -0.15) is 0 Å². The lowest BCUT2D eigenvalue weighted by Crippen LogP contribution is -2.32. The number of nitrogens with one attached hydrogen (secondary N) is 1. The van der Waals surface area contributed by atoms with Gasteiger partial charge >= 0.3 is 5.97 Å². The summed E-state index contributed by atoms with van der Waals surface area (Å²) in [5.41, 5.74) is 0.780. The summed E-state index contributed by atoms with van der Waals surface area (Å²) in [5, 5.41) is 14.1. The molecule has 1 fully saturated rings. The van der Waals surface area contributed by atoms with Crippen LogP contribution in [-0.2, 0) is 16.0 Å². The van der Waals surface area contributed by atoms with Crippen LogP contribution in [0.5, 0.6) is 0 Å². The monoisotopic (exact) mass is 269 g/mol. The molecule has 1 aliphatic rings. The standard InChI is InChI=1S/C11H15N3O3S/c15-9-6-14(5-1-4-12-9)11-13-8(7-18-11)2-3-10(16)17/h7H,1-6H2,(H,12,15)(H,16,17). The molecule has 98 valence electrons. The van der Waals surface area contributed by atoms with Crippen LogP contribution in [0.2, 0.25) is 0 Å². The number of carbonyl (C=O) groups is 2. The molecule has 1 aromatic heterocycles. The van der Waals surface area contributed by atoms with E-state index in [1.54, 1.807) is 0 Å². The van der Waals surface area contributed by atoms with Gasteiger partial charge in [0.05, 0.1) is 18.7 Å². The third-order valence-electron chi connectivity index (χ3n) is 2.67. The lowest BCUT2D eigenvalue weighted by atomic mass is 10.2. The number of aryl methyl sites for hydroxylation is 1. The number of hydrogen-bond acceptors (Lipinski definition) is 5. The van der Waals surface area contributed by atoms with Gasteiger partial charge in [0.15, 0.2) is 5.13 Å². The first-order chi connectivity index (χ1) is 8.65. The van der Waals surface area contributed by atoms with Crippen LogP contribution in [0.3, 0.4) is 0 Å². The quantitative estimate of drug-likeness (QED) is 0.831. The van der Waals surface area contributed by atoms with E-state index in [0.29, 0.717) is 19.5 Å². The lowest BCUT2D eigenvalue weighted by molar-refractivity contribution is -0.137. The Labute approximate surface area is 109 Å². The van der Waals surface area contributed by atoms with E-state index in [9.17, 15) is 9.59 Å². The van der Waals surface area contributed by atoms with Crippen LogP contribution >= 0.6 is 11.3 Å². The number of thiazole rings is 1. The van der Waals surface area contributed by atoms with E-state index in [2.05, 4.69) is 10.3 Å². The molecule has 7 heteroatoms. The van der Waals surface area contributed by atoms with Crippen LogP contribution in [-0.4, -0.2) is 41.6 Å². The number of carboxylic acid groups (broad SMARTS) is 1. The average molecular weight is 269 g/mol. The minimum absolute atomic E-state index is 0.00906. The first-order valence-corrected chi connectivity index (χ1v) is 6.71. The van der Waals surface area contributed by atoms with Gasteiger partial charge < -0.3 is 15.3 Å². The molecule has 1 saturated heterocycles. The number of amides is 1. The van der Waals surface area contributed by atoms with E-state index < -0.39 is 5.97 Å². The number of aliphatic carboxylic acids is 1. The molecule has 1 aromatic rings. The van der Waals surface area contributed by atoms with Gasteiger partial charge in [-0.25, -0.2) is 4.98 Å². The van der Waals surface area contributed by atoms with E-state index in [4.69, 9.17) is 5.11 Å². The highest BCUT2D eigenvalue weighted by molar-refractivity contribution is 7.13. The molecule has 0 spiro atoms. The average Bonchev–Trinajstić information content (AvgIpc) is 2.69. The highest BCUT2D eigenvalue weighted by Crippen LogP contribution is 2.21.